The molecular formula is C20H33N3O4. The van der Waals surface area contributed by atoms with Gasteiger partial charge in [0.1, 0.15) is 0 Å². The summed E-state index contributed by atoms with van der Waals surface area (Å²) < 4.78 is 0. The van der Waals surface area contributed by atoms with Gasteiger partial charge in [-0.25, -0.2) is 4.79 Å². The first kappa shape index (κ1) is 22.9. The van der Waals surface area contributed by atoms with Gasteiger partial charge in [0.2, 0.25) is 0 Å². The molecule has 1 aromatic carbocycles. The van der Waals surface area contributed by atoms with Crippen molar-refractivity contribution in [2.24, 2.45) is 5.73 Å². The Kier molecular flexibility index (Phi) is 8.72. The molecule has 1 unspecified atom stereocenters. The maximum Gasteiger partial charge on any atom is 0.408 e. The minimum Gasteiger partial charge on any atom is -0.465 e. The van der Waals surface area contributed by atoms with Crippen LogP contribution in [0, 0.1) is 0 Å². The minimum absolute atomic E-state index is 0.300. The van der Waals surface area contributed by atoms with Gasteiger partial charge in [0.15, 0.2) is 6.10 Å². The molecule has 7 nitrogen and oxygen atoms in total. The minimum atomic E-state index is -1.47. The molecule has 1 aromatic rings. The van der Waals surface area contributed by atoms with E-state index in [0.717, 1.165) is 5.56 Å². The van der Waals surface area contributed by atoms with Crippen LogP contribution in [-0.2, 0) is 4.79 Å². The van der Waals surface area contributed by atoms with Crippen LogP contribution in [0.2, 0.25) is 0 Å². The monoisotopic (exact) mass is 379 g/mol. The number of amides is 2. The quantitative estimate of drug-likeness (QED) is 0.492. The van der Waals surface area contributed by atoms with Gasteiger partial charge in [-0.15, -0.1) is 0 Å². The highest BCUT2D eigenvalue weighted by molar-refractivity contribution is 5.82. The SMILES string of the molecule is C[C@@H](NC(=O)C(O)[C@H](CCCCN)N(C(=O)O)C(C)(C)C)c1ccccc1. The summed E-state index contributed by atoms with van der Waals surface area (Å²) >= 11 is 0. The molecule has 0 aliphatic heterocycles. The molecule has 0 heterocycles. The Hall–Kier alpha value is -2.12. The van der Waals surface area contributed by atoms with E-state index in [1.54, 1.807) is 20.8 Å². The Labute approximate surface area is 161 Å². The van der Waals surface area contributed by atoms with Gasteiger partial charge in [-0.05, 0) is 52.6 Å². The summed E-state index contributed by atoms with van der Waals surface area (Å²) in [6.07, 6.45) is -0.954. The zero-order valence-corrected chi connectivity index (χ0v) is 16.7. The number of carbonyl (C=O) groups excluding carboxylic acids is 1. The third-order valence-corrected chi connectivity index (χ3v) is 4.51. The molecule has 0 aliphatic rings. The number of rotatable bonds is 9. The van der Waals surface area contributed by atoms with E-state index in [1.165, 1.54) is 4.90 Å². The van der Waals surface area contributed by atoms with Gasteiger partial charge < -0.3 is 21.3 Å². The van der Waals surface area contributed by atoms with Crippen LogP contribution in [0.5, 0.6) is 0 Å². The number of aliphatic hydroxyl groups excluding tert-OH is 1. The van der Waals surface area contributed by atoms with Gasteiger partial charge in [-0.1, -0.05) is 36.8 Å². The highest BCUT2D eigenvalue weighted by Gasteiger charge is 2.39. The molecule has 0 saturated carbocycles. The smallest absolute Gasteiger partial charge is 0.408 e. The number of hydrogen-bond donors (Lipinski definition) is 4. The van der Waals surface area contributed by atoms with Crippen molar-refractivity contribution in [3.63, 3.8) is 0 Å². The van der Waals surface area contributed by atoms with Crippen LogP contribution in [0.4, 0.5) is 4.79 Å². The lowest BCUT2D eigenvalue weighted by Gasteiger charge is -2.41. The Morgan fingerprint density at radius 1 is 1.19 bits per heavy atom. The van der Waals surface area contributed by atoms with E-state index in [0.29, 0.717) is 25.8 Å². The van der Waals surface area contributed by atoms with E-state index in [4.69, 9.17) is 5.73 Å². The lowest BCUT2D eigenvalue weighted by atomic mass is 9.95. The third-order valence-electron chi connectivity index (χ3n) is 4.51. The number of carboxylic acid groups (broad SMARTS) is 1. The van der Waals surface area contributed by atoms with Crippen molar-refractivity contribution in [1.29, 1.82) is 0 Å². The number of unbranched alkanes of at least 4 members (excludes halogenated alkanes) is 1. The third kappa shape index (κ3) is 6.84. The van der Waals surface area contributed by atoms with Crippen LogP contribution in [-0.4, -0.2) is 51.3 Å². The van der Waals surface area contributed by atoms with Crippen LogP contribution in [0.1, 0.15) is 58.6 Å². The van der Waals surface area contributed by atoms with Crippen LogP contribution in [0.3, 0.4) is 0 Å². The normalized spacial score (nSPS) is 14.9. The molecule has 1 rings (SSSR count). The first-order valence-corrected chi connectivity index (χ1v) is 9.35. The van der Waals surface area contributed by atoms with Gasteiger partial charge in [-0.2, -0.15) is 0 Å². The molecule has 3 atom stereocenters. The summed E-state index contributed by atoms with van der Waals surface area (Å²) in [5, 5.41) is 23.2. The molecule has 0 saturated heterocycles. The summed E-state index contributed by atoms with van der Waals surface area (Å²) in [6.45, 7) is 7.53. The topological polar surface area (TPSA) is 116 Å². The number of hydrogen-bond acceptors (Lipinski definition) is 4. The van der Waals surface area contributed by atoms with Gasteiger partial charge in [-0.3, -0.25) is 9.69 Å². The number of aliphatic hydroxyl groups is 1. The van der Waals surface area contributed by atoms with Crippen molar-refractivity contribution in [2.45, 2.75) is 70.7 Å². The fourth-order valence-electron chi connectivity index (χ4n) is 3.15. The summed E-state index contributed by atoms with van der Waals surface area (Å²) in [4.78, 5) is 25.7. The molecule has 0 spiro atoms. The van der Waals surface area contributed by atoms with Crippen LogP contribution >= 0.6 is 0 Å². The number of carbonyl (C=O) groups is 2. The highest BCUT2D eigenvalue weighted by atomic mass is 16.4. The van der Waals surface area contributed by atoms with Crippen molar-refractivity contribution in [2.75, 3.05) is 6.54 Å². The second-order valence-corrected chi connectivity index (χ2v) is 7.76. The summed E-state index contributed by atoms with van der Waals surface area (Å²) in [6, 6.07) is 8.24. The van der Waals surface area contributed by atoms with E-state index in [1.807, 2.05) is 37.3 Å². The van der Waals surface area contributed by atoms with Crippen molar-refractivity contribution in [1.82, 2.24) is 10.2 Å². The fourth-order valence-corrected chi connectivity index (χ4v) is 3.15. The van der Waals surface area contributed by atoms with Crippen LogP contribution in [0.15, 0.2) is 30.3 Å². The molecule has 0 aromatic heterocycles. The Balaban J connectivity index is 2.98. The average molecular weight is 380 g/mol. The summed E-state index contributed by atoms with van der Waals surface area (Å²) in [5.74, 6) is -0.584. The first-order valence-electron chi connectivity index (χ1n) is 9.35. The van der Waals surface area contributed by atoms with Gasteiger partial charge in [0.05, 0.1) is 12.1 Å². The molecule has 0 fully saturated rings. The lowest BCUT2D eigenvalue weighted by molar-refractivity contribution is -0.134. The second-order valence-electron chi connectivity index (χ2n) is 7.76. The highest BCUT2D eigenvalue weighted by Crippen LogP contribution is 2.24. The van der Waals surface area contributed by atoms with Crippen molar-refractivity contribution in [3.05, 3.63) is 35.9 Å². The molecule has 5 N–H and O–H groups in total. The molecule has 0 radical (unpaired) electrons. The predicted octanol–water partition coefficient (Wildman–Crippen LogP) is 2.50. The second kappa shape index (κ2) is 10.3. The van der Waals surface area contributed by atoms with Crippen molar-refractivity contribution < 1.29 is 19.8 Å². The molecule has 0 aliphatic carbocycles. The lowest BCUT2D eigenvalue weighted by Crippen LogP contribution is -2.58. The molecule has 27 heavy (non-hydrogen) atoms. The Morgan fingerprint density at radius 3 is 2.26 bits per heavy atom. The van der Waals surface area contributed by atoms with E-state index >= 15 is 0 Å². The molecular weight excluding hydrogens is 346 g/mol. The fraction of sp³-hybridized carbons (Fsp3) is 0.600. The maximum atomic E-state index is 12.6. The molecule has 152 valence electrons. The van der Waals surface area contributed by atoms with E-state index in [9.17, 15) is 19.8 Å². The molecule has 7 heteroatoms. The van der Waals surface area contributed by atoms with E-state index in [2.05, 4.69) is 5.32 Å². The van der Waals surface area contributed by atoms with Crippen LogP contribution in [0.25, 0.3) is 0 Å². The predicted molar refractivity (Wildman–Crippen MR) is 105 cm³/mol. The van der Waals surface area contributed by atoms with Gasteiger partial charge in [0, 0.05) is 5.54 Å². The van der Waals surface area contributed by atoms with Crippen LogP contribution < -0.4 is 11.1 Å². The number of benzene rings is 1. The summed E-state index contributed by atoms with van der Waals surface area (Å²) in [7, 11) is 0. The van der Waals surface area contributed by atoms with Crippen molar-refractivity contribution in [3.8, 4) is 0 Å². The van der Waals surface area contributed by atoms with Crippen molar-refractivity contribution >= 4 is 12.0 Å². The number of nitrogens with two attached hydrogens (primary N) is 1. The molecule has 0 bridgehead atoms. The van der Waals surface area contributed by atoms with Gasteiger partial charge >= 0.3 is 6.09 Å². The Morgan fingerprint density at radius 2 is 1.78 bits per heavy atom. The first-order chi connectivity index (χ1) is 12.6. The standard InChI is InChI=1S/C20H33N3O4/c1-14(15-10-6-5-7-11-15)22-18(25)17(24)16(12-8-9-13-21)23(19(26)27)20(2,3)4/h5-7,10-11,14,16-17,24H,8-9,12-13,21H2,1-4H3,(H,22,25)(H,26,27)/t14-,16+,17?/m1/s1. The zero-order valence-electron chi connectivity index (χ0n) is 16.7. The van der Waals surface area contributed by atoms with E-state index < -0.39 is 29.7 Å². The number of nitrogens with one attached hydrogen (secondary N) is 1. The summed E-state index contributed by atoms with van der Waals surface area (Å²) in [5.41, 5.74) is 5.68. The van der Waals surface area contributed by atoms with Gasteiger partial charge in [0.25, 0.3) is 5.91 Å². The largest absolute Gasteiger partial charge is 0.465 e. The zero-order chi connectivity index (χ0) is 20.6. The Bertz CT molecular complexity index is 601. The number of nitrogens with zero attached hydrogens (tertiary/aromatic N) is 1. The average Bonchev–Trinajstić information content (AvgIpc) is 2.59. The molecule has 2 amide bonds. The maximum absolute atomic E-state index is 12.6. The van der Waals surface area contributed by atoms with E-state index in [-0.39, 0.29) is 6.04 Å².